The fourth-order valence-corrected chi connectivity index (χ4v) is 1.62. The lowest BCUT2D eigenvalue weighted by Crippen LogP contribution is -2.10. The molecule has 3 nitrogen and oxygen atoms in total. The molecule has 1 aromatic heterocycles. The minimum Gasteiger partial charge on any atom is -0.366 e. The number of carbonyl (C=O) groups is 1. The first-order chi connectivity index (χ1) is 5.77. The highest BCUT2D eigenvalue weighted by Gasteiger charge is 2.02. The number of amides is 1. The summed E-state index contributed by atoms with van der Waals surface area (Å²) in [5, 5.41) is 0. The molecule has 2 rings (SSSR count). The fraction of sp³-hybridized carbons (Fsp3) is 0. The average Bonchev–Trinajstić information content (AvgIpc) is 2.49. The van der Waals surface area contributed by atoms with Crippen molar-refractivity contribution in [2.24, 2.45) is 5.73 Å². The Kier molecular flexibility index (Phi) is 1.55. The van der Waals surface area contributed by atoms with Gasteiger partial charge in [-0.15, -0.1) is 11.3 Å². The van der Waals surface area contributed by atoms with Crippen molar-refractivity contribution in [3.8, 4) is 0 Å². The van der Waals surface area contributed by atoms with E-state index in [9.17, 15) is 4.79 Å². The Labute approximate surface area is 72.8 Å². The van der Waals surface area contributed by atoms with E-state index in [4.69, 9.17) is 5.73 Å². The quantitative estimate of drug-likeness (QED) is 0.711. The summed E-state index contributed by atoms with van der Waals surface area (Å²) in [7, 11) is 0. The van der Waals surface area contributed by atoms with Gasteiger partial charge in [-0.2, -0.15) is 0 Å². The zero-order valence-electron chi connectivity index (χ0n) is 6.07. The van der Waals surface area contributed by atoms with Gasteiger partial charge < -0.3 is 5.73 Å². The van der Waals surface area contributed by atoms with Gasteiger partial charge in [0.15, 0.2) is 0 Å². The molecule has 0 atom stereocenters. The Morgan fingerprint density at radius 1 is 1.58 bits per heavy atom. The second-order valence-electron chi connectivity index (χ2n) is 2.30. The number of fused-ring (bicyclic) bond motifs is 1. The van der Waals surface area contributed by atoms with Gasteiger partial charge in [-0.05, 0) is 12.1 Å². The lowest BCUT2D eigenvalue weighted by Gasteiger charge is -1.92. The van der Waals surface area contributed by atoms with E-state index in [1.54, 1.807) is 17.6 Å². The summed E-state index contributed by atoms with van der Waals surface area (Å²) >= 11 is 1.44. The molecule has 2 aromatic rings. The van der Waals surface area contributed by atoms with E-state index in [0.29, 0.717) is 5.56 Å². The number of primary amides is 1. The van der Waals surface area contributed by atoms with E-state index in [2.05, 4.69) is 11.1 Å². The van der Waals surface area contributed by atoms with Gasteiger partial charge in [-0.1, -0.05) is 0 Å². The first kappa shape index (κ1) is 7.24. The van der Waals surface area contributed by atoms with Gasteiger partial charge in [0.1, 0.15) is 0 Å². The topological polar surface area (TPSA) is 56.0 Å². The molecule has 1 radical (unpaired) electrons. The van der Waals surface area contributed by atoms with Crippen LogP contribution in [0.15, 0.2) is 17.6 Å². The van der Waals surface area contributed by atoms with Gasteiger partial charge in [-0.25, -0.2) is 4.98 Å². The number of aromatic nitrogens is 1. The normalized spacial score (nSPS) is 10.3. The summed E-state index contributed by atoms with van der Waals surface area (Å²) < 4.78 is 0.867. The van der Waals surface area contributed by atoms with Crippen molar-refractivity contribution in [3.05, 3.63) is 29.3 Å². The van der Waals surface area contributed by atoms with Crippen LogP contribution in [0.4, 0.5) is 0 Å². The second-order valence-corrected chi connectivity index (χ2v) is 3.16. The monoisotopic (exact) mass is 177 g/mol. The van der Waals surface area contributed by atoms with E-state index >= 15 is 0 Å². The molecule has 0 bridgehead atoms. The van der Waals surface area contributed by atoms with Crippen LogP contribution < -0.4 is 5.73 Å². The maximum absolute atomic E-state index is 10.7. The van der Waals surface area contributed by atoms with Crippen molar-refractivity contribution in [2.75, 3.05) is 0 Å². The van der Waals surface area contributed by atoms with Crippen LogP contribution in [0.2, 0.25) is 0 Å². The first-order valence-corrected chi connectivity index (χ1v) is 4.20. The molecule has 1 aromatic carbocycles. The number of nitrogens with zero attached hydrogens (tertiary/aromatic N) is 1. The Hall–Kier alpha value is -1.42. The molecule has 0 aliphatic carbocycles. The fourth-order valence-electron chi connectivity index (χ4n) is 0.937. The van der Waals surface area contributed by atoms with E-state index in [1.807, 2.05) is 0 Å². The third-order valence-corrected chi connectivity index (χ3v) is 2.27. The summed E-state index contributed by atoms with van der Waals surface area (Å²) in [6.07, 6.45) is 0. The predicted octanol–water partition coefficient (Wildman–Crippen LogP) is 1.20. The number of carbonyl (C=O) groups excluding carboxylic acids is 1. The molecule has 0 unspecified atom stereocenters. The predicted molar refractivity (Wildman–Crippen MR) is 47.0 cm³/mol. The van der Waals surface area contributed by atoms with Crippen LogP contribution in [-0.4, -0.2) is 10.9 Å². The molecular formula is C8H5N2OS. The average molecular weight is 177 g/mol. The standard InChI is InChI=1S/C8H5N2OS/c9-8(11)5-1-2-6-7(3-5)12-4-10-6/h1-2,4H,(H2,9,11). The van der Waals surface area contributed by atoms with Gasteiger partial charge in [0.05, 0.1) is 15.7 Å². The Balaban J connectivity index is 2.68. The van der Waals surface area contributed by atoms with Gasteiger partial charge in [0, 0.05) is 11.6 Å². The van der Waals surface area contributed by atoms with E-state index in [0.717, 1.165) is 10.2 Å². The van der Waals surface area contributed by atoms with E-state index < -0.39 is 5.91 Å². The van der Waals surface area contributed by atoms with Crippen LogP contribution in [0.3, 0.4) is 0 Å². The van der Waals surface area contributed by atoms with Gasteiger partial charge in [-0.3, -0.25) is 4.79 Å². The third kappa shape index (κ3) is 1.06. The molecular weight excluding hydrogens is 172 g/mol. The zero-order valence-corrected chi connectivity index (χ0v) is 6.89. The van der Waals surface area contributed by atoms with Crippen LogP contribution in [0, 0.1) is 6.07 Å². The highest BCUT2D eigenvalue weighted by Crippen LogP contribution is 2.17. The van der Waals surface area contributed by atoms with Crippen molar-refractivity contribution in [1.82, 2.24) is 4.98 Å². The minimum atomic E-state index is -0.453. The molecule has 0 saturated carbocycles. The third-order valence-electron chi connectivity index (χ3n) is 1.52. The Morgan fingerprint density at radius 2 is 2.42 bits per heavy atom. The molecule has 0 aliphatic heterocycles. The molecule has 12 heavy (non-hydrogen) atoms. The summed E-state index contributed by atoms with van der Waals surface area (Å²) in [5.41, 5.74) is 8.06. The van der Waals surface area contributed by atoms with Crippen molar-refractivity contribution < 1.29 is 4.79 Å². The second kappa shape index (κ2) is 2.57. The molecule has 59 valence electrons. The van der Waals surface area contributed by atoms with Gasteiger partial charge in [0.25, 0.3) is 0 Å². The zero-order chi connectivity index (χ0) is 8.55. The molecule has 1 heterocycles. The van der Waals surface area contributed by atoms with E-state index in [-0.39, 0.29) is 0 Å². The molecule has 0 saturated heterocycles. The molecule has 1 amide bonds. The van der Waals surface area contributed by atoms with E-state index in [1.165, 1.54) is 11.3 Å². The summed E-state index contributed by atoms with van der Waals surface area (Å²) in [4.78, 5) is 14.8. The van der Waals surface area contributed by atoms with Crippen LogP contribution in [0.25, 0.3) is 10.2 Å². The summed E-state index contributed by atoms with van der Waals surface area (Å²) in [6, 6.07) is 6.28. The number of hydrogen-bond acceptors (Lipinski definition) is 3. The lowest BCUT2D eigenvalue weighted by molar-refractivity contribution is 0.1000. The maximum atomic E-state index is 10.7. The molecule has 0 spiro atoms. The van der Waals surface area contributed by atoms with Gasteiger partial charge >= 0.3 is 0 Å². The first-order valence-electron chi connectivity index (χ1n) is 3.33. The number of nitrogens with two attached hydrogens (primary N) is 1. The highest BCUT2D eigenvalue weighted by atomic mass is 32.1. The Bertz CT molecular complexity index is 435. The Morgan fingerprint density at radius 3 is 3.17 bits per heavy atom. The molecule has 0 aliphatic rings. The minimum absolute atomic E-state index is 0.409. The highest BCUT2D eigenvalue weighted by molar-refractivity contribution is 7.16. The largest absolute Gasteiger partial charge is 0.366 e. The molecule has 2 N–H and O–H groups in total. The van der Waals surface area contributed by atoms with Crippen LogP contribution >= 0.6 is 11.3 Å². The maximum Gasteiger partial charge on any atom is 0.249 e. The molecule has 0 fully saturated rings. The van der Waals surface area contributed by atoms with Crippen molar-refractivity contribution in [2.45, 2.75) is 0 Å². The van der Waals surface area contributed by atoms with Crippen LogP contribution in [0.5, 0.6) is 0 Å². The number of benzene rings is 1. The van der Waals surface area contributed by atoms with Crippen LogP contribution in [0.1, 0.15) is 10.4 Å². The van der Waals surface area contributed by atoms with Crippen molar-refractivity contribution in [3.63, 3.8) is 0 Å². The van der Waals surface area contributed by atoms with Crippen molar-refractivity contribution >= 4 is 27.5 Å². The van der Waals surface area contributed by atoms with Crippen LogP contribution in [-0.2, 0) is 0 Å². The number of rotatable bonds is 1. The number of thiazole rings is 1. The summed E-state index contributed by atoms with van der Waals surface area (Å²) in [5.74, 6) is -0.453. The van der Waals surface area contributed by atoms with Crippen molar-refractivity contribution in [1.29, 1.82) is 0 Å². The summed E-state index contributed by atoms with van der Waals surface area (Å²) in [6.45, 7) is 0. The smallest absolute Gasteiger partial charge is 0.249 e. The molecule has 4 heteroatoms. The lowest BCUT2D eigenvalue weighted by atomic mass is 10.2. The van der Waals surface area contributed by atoms with Gasteiger partial charge in [0.2, 0.25) is 5.91 Å². The number of hydrogen-bond donors (Lipinski definition) is 1. The SMILES string of the molecule is NC(=O)c1[c]c2scnc2cc1.